The Kier molecular flexibility index (Phi) is 6.89. The zero-order chi connectivity index (χ0) is 20.6. The van der Waals surface area contributed by atoms with Gasteiger partial charge in [0.1, 0.15) is 6.26 Å². The highest BCUT2D eigenvalue weighted by atomic mass is 16.3. The van der Waals surface area contributed by atoms with Gasteiger partial charge in [-0.1, -0.05) is 29.8 Å². The summed E-state index contributed by atoms with van der Waals surface area (Å²) in [7, 11) is 4.07. The Morgan fingerprint density at radius 2 is 1.76 bits per heavy atom. The van der Waals surface area contributed by atoms with Crippen molar-refractivity contribution < 1.29 is 4.42 Å². The smallest absolute Gasteiger partial charge is 0.226 e. The fourth-order valence-corrected chi connectivity index (χ4v) is 2.80. The largest absolute Gasteiger partial charge is 0.444 e. The molecule has 6 nitrogen and oxygen atoms in total. The van der Waals surface area contributed by atoms with Gasteiger partial charge in [0.15, 0.2) is 5.96 Å². The standard InChI is InChI=1S/C23H29N5O/c1-5-24-23(25-14-18-8-12-21(13-9-18)28(3)4)26-15-20-16-29-22(27-20)19-10-6-17(2)7-11-19/h6-13,16H,5,14-15H2,1-4H3,(H2,24,25,26). The third-order valence-corrected chi connectivity index (χ3v) is 4.50. The summed E-state index contributed by atoms with van der Waals surface area (Å²) in [4.78, 5) is 11.3. The van der Waals surface area contributed by atoms with Crippen LogP contribution in [0.4, 0.5) is 5.69 Å². The molecule has 2 N–H and O–H groups in total. The van der Waals surface area contributed by atoms with Crippen molar-refractivity contribution in [1.29, 1.82) is 0 Å². The second-order valence-electron chi connectivity index (χ2n) is 7.12. The minimum atomic E-state index is 0.542. The molecule has 0 atom stereocenters. The van der Waals surface area contributed by atoms with E-state index in [1.54, 1.807) is 6.26 Å². The summed E-state index contributed by atoms with van der Waals surface area (Å²) in [6.07, 6.45) is 1.69. The van der Waals surface area contributed by atoms with Crippen molar-refractivity contribution in [2.45, 2.75) is 26.9 Å². The number of nitrogens with one attached hydrogen (secondary N) is 2. The fourth-order valence-electron chi connectivity index (χ4n) is 2.80. The third kappa shape index (κ3) is 5.85. The Hall–Kier alpha value is -3.28. The Morgan fingerprint density at radius 3 is 2.41 bits per heavy atom. The quantitative estimate of drug-likeness (QED) is 0.471. The number of aliphatic imine (C=N–C) groups is 1. The van der Waals surface area contributed by atoms with Gasteiger partial charge >= 0.3 is 0 Å². The highest BCUT2D eigenvalue weighted by molar-refractivity contribution is 5.79. The average molecular weight is 392 g/mol. The lowest BCUT2D eigenvalue weighted by molar-refractivity contribution is 0.572. The van der Waals surface area contributed by atoms with Crippen molar-refractivity contribution in [2.75, 3.05) is 25.5 Å². The Morgan fingerprint density at radius 1 is 1.03 bits per heavy atom. The van der Waals surface area contributed by atoms with Crippen molar-refractivity contribution in [3.63, 3.8) is 0 Å². The number of benzene rings is 2. The lowest BCUT2D eigenvalue weighted by atomic mass is 10.1. The number of oxazole rings is 1. The molecule has 0 radical (unpaired) electrons. The van der Waals surface area contributed by atoms with Crippen molar-refractivity contribution in [3.8, 4) is 11.5 Å². The number of nitrogens with zero attached hydrogens (tertiary/aromatic N) is 3. The predicted octanol–water partition coefficient (Wildman–Crippen LogP) is 3.97. The van der Waals surface area contributed by atoms with E-state index in [2.05, 4.69) is 75.8 Å². The molecule has 0 saturated heterocycles. The molecular weight excluding hydrogens is 362 g/mol. The topological polar surface area (TPSA) is 65.7 Å². The molecule has 0 aliphatic carbocycles. The van der Waals surface area contributed by atoms with Crippen LogP contribution in [-0.2, 0) is 13.1 Å². The van der Waals surface area contributed by atoms with Gasteiger partial charge in [-0.3, -0.25) is 0 Å². The Balaban J connectivity index is 1.60. The van der Waals surface area contributed by atoms with Crippen LogP contribution in [0.2, 0.25) is 0 Å². The number of hydrogen-bond acceptors (Lipinski definition) is 4. The van der Waals surface area contributed by atoms with E-state index >= 15 is 0 Å². The zero-order valence-electron chi connectivity index (χ0n) is 17.6. The van der Waals surface area contributed by atoms with Crippen molar-refractivity contribution >= 4 is 11.6 Å². The second-order valence-corrected chi connectivity index (χ2v) is 7.12. The van der Waals surface area contributed by atoms with Gasteiger partial charge in [-0.25, -0.2) is 9.98 Å². The van der Waals surface area contributed by atoms with E-state index in [0.717, 1.165) is 29.3 Å². The van der Waals surface area contributed by atoms with Gasteiger partial charge in [-0.05, 0) is 43.7 Å². The van der Waals surface area contributed by atoms with E-state index in [9.17, 15) is 0 Å². The van der Waals surface area contributed by atoms with Crippen LogP contribution in [-0.4, -0.2) is 31.6 Å². The maximum absolute atomic E-state index is 5.63. The summed E-state index contributed by atoms with van der Waals surface area (Å²) in [5.74, 6) is 1.38. The molecule has 0 bridgehead atoms. The lowest BCUT2D eigenvalue weighted by Gasteiger charge is -2.13. The molecule has 6 heteroatoms. The van der Waals surface area contributed by atoms with Gasteiger partial charge in [0.25, 0.3) is 0 Å². The number of anilines is 1. The van der Waals surface area contributed by atoms with E-state index in [1.165, 1.54) is 11.3 Å². The van der Waals surface area contributed by atoms with Crippen molar-refractivity contribution in [1.82, 2.24) is 15.6 Å². The molecule has 3 rings (SSSR count). The molecule has 2 aromatic carbocycles. The zero-order valence-corrected chi connectivity index (χ0v) is 17.6. The van der Waals surface area contributed by atoms with Gasteiger partial charge in [0.2, 0.25) is 5.89 Å². The first-order chi connectivity index (χ1) is 14.0. The van der Waals surface area contributed by atoms with Crippen LogP contribution < -0.4 is 15.5 Å². The molecule has 0 unspecified atom stereocenters. The number of aryl methyl sites for hydroxylation is 1. The van der Waals surface area contributed by atoms with E-state index < -0.39 is 0 Å². The summed E-state index contributed by atoms with van der Waals surface area (Å²) < 4.78 is 5.63. The van der Waals surface area contributed by atoms with E-state index in [1.807, 2.05) is 26.2 Å². The summed E-state index contributed by atoms with van der Waals surface area (Å²) in [6.45, 7) is 6.05. The van der Waals surface area contributed by atoms with Gasteiger partial charge in [0.05, 0.1) is 18.8 Å². The first kappa shape index (κ1) is 20.5. The second kappa shape index (κ2) is 9.78. The maximum Gasteiger partial charge on any atom is 0.226 e. The first-order valence-electron chi connectivity index (χ1n) is 9.85. The molecule has 1 aromatic heterocycles. The van der Waals surface area contributed by atoms with Crippen LogP contribution in [0.1, 0.15) is 23.7 Å². The number of guanidine groups is 1. The molecule has 152 valence electrons. The highest BCUT2D eigenvalue weighted by Gasteiger charge is 2.07. The van der Waals surface area contributed by atoms with Gasteiger partial charge in [-0.15, -0.1) is 0 Å². The summed E-state index contributed by atoms with van der Waals surface area (Å²) in [5, 5.41) is 6.59. The minimum absolute atomic E-state index is 0.542. The monoisotopic (exact) mass is 391 g/mol. The van der Waals surface area contributed by atoms with Crippen molar-refractivity contribution in [3.05, 3.63) is 71.6 Å². The predicted molar refractivity (Wildman–Crippen MR) is 119 cm³/mol. The van der Waals surface area contributed by atoms with Crippen LogP contribution in [0.5, 0.6) is 0 Å². The molecule has 29 heavy (non-hydrogen) atoms. The third-order valence-electron chi connectivity index (χ3n) is 4.50. The van der Waals surface area contributed by atoms with Crippen LogP contribution in [0.25, 0.3) is 11.5 Å². The molecule has 0 saturated carbocycles. The summed E-state index contributed by atoms with van der Waals surface area (Å²) in [5.41, 5.74) is 5.37. The van der Waals surface area contributed by atoms with Crippen LogP contribution in [0.15, 0.2) is 64.2 Å². The van der Waals surface area contributed by atoms with Gasteiger partial charge < -0.3 is 20.0 Å². The lowest BCUT2D eigenvalue weighted by Crippen LogP contribution is -2.36. The number of hydrogen-bond donors (Lipinski definition) is 2. The first-order valence-corrected chi connectivity index (χ1v) is 9.85. The SMILES string of the molecule is CCNC(=NCc1ccc(N(C)C)cc1)NCc1coc(-c2ccc(C)cc2)n1. The van der Waals surface area contributed by atoms with Gasteiger partial charge in [0, 0.05) is 31.9 Å². The normalized spacial score (nSPS) is 11.4. The maximum atomic E-state index is 5.63. The summed E-state index contributed by atoms with van der Waals surface area (Å²) in [6, 6.07) is 16.6. The Bertz CT molecular complexity index is 927. The average Bonchev–Trinajstić information content (AvgIpc) is 3.20. The van der Waals surface area contributed by atoms with E-state index in [-0.39, 0.29) is 0 Å². The van der Waals surface area contributed by atoms with Crippen LogP contribution in [0.3, 0.4) is 0 Å². The van der Waals surface area contributed by atoms with E-state index in [0.29, 0.717) is 19.0 Å². The molecule has 0 fully saturated rings. The molecule has 0 spiro atoms. The highest BCUT2D eigenvalue weighted by Crippen LogP contribution is 2.19. The summed E-state index contributed by atoms with van der Waals surface area (Å²) >= 11 is 0. The van der Waals surface area contributed by atoms with Gasteiger partial charge in [-0.2, -0.15) is 0 Å². The molecular formula is C23H29N5O. The fraction of sp³-hybridized carbons (Fsp3) is 0.304. The molecule has 0 aliphatic rings. The molecule has 0 aliphatic heterocycles. The minimum Gasteiger partial charge on any atom is -0.444 e. The van der Waals surface area contributed by atoms with Crippen LogP contribution >= 0.6 is 0 Å². The Labute approximate surface area is 172 Å². The van der Waals surface area contributed by atoms with E-state index in [4.69, 9.17) is 4.42 Å². The molecule has 0 amide bonds. The molecule has 3 aromatic rings. The van der Waals surface area contributed by atoms with Crippen LogP contribution in [0, 0.1) is 6.92 Å². The molecule has 1 heterocycles. The van der Waals surface area contributed by atoms with Crippen molar-refractivity contribution in [2.24, 2.45) is 4.99 Å². The number of aromatic nitrogens is 1. The number of rotatable bonds is 7.